The van der Waals surface area contributed by atoms with Crippen LogP contribution in [0.3, 0.4) is 0 Å². The van der Waals surface area contributed by atoms with Crippen LogP contribution >= 0.6 is 11.3 Å². The van der Waals surface area contributed by atoms with Crippen LogP contribution in [0.15, 0.2) is 5.38 Å². The van der Waals surface area contributed by atoms with Crippen LogP contribution < -0.4 is 5.32 Å². The van der Waals surface area contributed by atoms with Gasteiger partial charge in [-0.3, -0.25) is 0 Å². The first kappa shape index (κ1) is 12.1. The Balaban J connectivity index is 2.73. The van der Waals surface area contributed by atoms with Crippen molar-refractivity contribution in [2.24, 2.45) is 0 Å². The summed E-state index contributed by atoms with van der Waals surface area (Å²) in [6.45, 7) is 0.211. The van der Waals surface area contributed by atoms with Crippen molar-refractivity contribution in [3.05, 3.63) is 16.1 Å². The Labute approximate surface area is 90.2 Å². The SMILES string of the molecule is CNCC(O)C(O)c1nc(C(=O)O)cs1. The molecule has 6 nitrogen and oxygen atoms in total. The molecular weight excluding hydrogens is 220 g/mol. The zero-order chi connectivity index (χ0) is 11.4. The van der Waals surface area contributed by atoms with Crippen LogP contribution in [0.2, 0.25) is 0 Å². The van der Waals surface area contributed by atoms with Gasteiger partial charge in [0.25, 0.3) is 0 Å². The smallest absolute Gasteiger partial charge is 0.355 e. The monoisotopic (exact) mass is 232 g/mol. The molecule has 0 aliphatic heterocycles. The molecule has 0 spiro atoms. The fraction of sp³-hybridized carbons (Fsp3) is 0.500. The number of nitrogens with zero attached hydrogens (tertiary/aromatic N) is 1. The van der Waals surface area contributed by atoms with Gasteiger partial charge in [-0.1, -0.05) is 0 Å². The topological polar surface area (TPSA) is 103 Å². The summed E-state index contributed by atoms with van der Waals surface area (Å²) in [5.74, 6) is -1.15. The number of likely N-dealkylation sites (N-methyl/N-ethyl adjacent to an activating group) is 1. The molecule has 2 atom stereocenters. The van der Waals surface area contributed by atoms with Gasteiger partial charge in [-0.25, -0.2) is 9.78 Å². The molecule has 1 rings (SSSR count). The van der Waals surface area contributed by atoms with Crippen LogP contribution in [-0.2, 0) is 0 Å². The average molecular weight is 232 g/mol. The quantitative estimate of drug-likeness (QED) is 0.543. The molecule has 0 aromatic carbocycles. The maximum absolute atomic E-state index is 10.5. The predicted molar refractivity (Wildman–Crippen MR) is 54.0 cm³/mol. The van der Waals surface area contributed by atoms with Gasteiger partial charge in [-0.15, -0.1) is 11.3 Å². The van der Waals surface area contributed by atoms with Gasteiger partial charge in [-0.05, 0) is 7.05 Å². The summed E-state index contributed by atoms with van der Waals surface area (Å²) in [6, 6.07) is 0. The maximum atomic E-state index is 10.5. The van der Waals surface area contributed by atoms with E-state index >= 15 is 0 Å². The second-order valence-corrected chi connectivity index (χ2v) is 3.84. The molecule has 1 aromatic heterocycles. The number of aromatic nitrogens is 1. The number of hydrogen-bond donors (Lipinski definition) is 4. The number of hydrogen-bond acceptors (Lipinski definition) is 6. The zero-order valence-electron chi connectivity index (χ0n) is 8.04. The largest absolute Gasteiger partial charge is 0.476 e. The summed E-state index contributed by atoms with van der Waals surface area (Å²) in [4.78, 5) is 14.2. The number of carboxylic acids is 1. The highest BCUT2D eigenvalue weighted by atomic mass is 32.1. The molecule has 15 heavy (non-hydrogen) atoms. The third-order valence-corrected chi connectivity index (χ3v) is 2.69. The standard InChI is InChI=1S/C8H12N2O4S/c1-9-2-5(11)6(12)7-10-4(3-15-7)8(13)14/h3,5-6,9,11-12H,2H2,1H3,(H,13,14). The van der Waals surface area contributed by atoms with E-state index in [1.54, 1.807) is 7.05 Å². The van der Waals surface area contributed by atoms with E-state index in [0.29, 0.717) is 0 Å². The lowest BCUT2D eigenvalue weighted by Crippen LogP contribution is -2.29. The normalized spacial score (nSPS) is 14.9. The Morgan fingerprint density at radius 1 is 1.67 bits per heavy atom. The third kappa shape index (κ3) is 2.96. The molecule has 0 aliphatic carbocycles. The van der Waals surface area contributed by atoms with Crippen LogP contribution in [0.4, 0.5) is 0 Å². The Morgan fingerprint density at radius 2 is 2.33 bits per heavy atom. The summed E-state index contributed by atoms with van der Waals surface area (Å²) >= 11 is 1.01. The van der Waals surface area contributed by atoms with Gasteiger partial charge in [0.2, 0.25) is 0 Å². The van der Waals surface area contributed by atoms with Gasteiger partial charge in [0, 0.05) is 11.9 Å². The number of rotatable bonds is 5. The first-order valence-corrected chi connectivity index (χ1v) is 5.13. The van der Waals surface area contributed by atoms with Gasteiger partial charge in [0.05, 0.1) is 6.10 Å². The lowest BCUT2D eigenvalue weighted by atomic mass is 10.2. The number of aliphatic hydroxyl groups excluding tert-OH is 2. The van der Waals surface area contributed by atoms with Crippen molar-refractivity contribution in [3.63, 3.8) is 0 Å². The Morgan fingerprint density at radius 3 is 2.80 bits per heavy atom. The summed E-state index contributed by atoms with van der Waals surface area (Å²) in [7, 11) is 1.64. The molecule has 4 N–H and O–H groups in total. The zero-order valence-corrected chi connectivity index (χ0v) is 8.86. The van der Waals surface area contributed by atoms with E-state index < -0.39 is 18.2 Å². The fourth-order valence-electron chi connectivity index (χ4n) is 1.01. The van der Waals surface area contributed by atoms with Crippen molar-refractivity contribution >= 4 is 17.3 Å². The van der Waals surface area contributed by atoms with Crippen LogP contribution in [0, 0.1) is 0 Å². The van der Waals surface area contributed by atoms with Gasteiger partial charge < -0.3 is 20.6 Å². The lowest BCUT2D eigenvalue weighted by molar-refractivity contribution is 0.0199. The molecule has 0 radical (unpaired) electrons. The number of aromatic carboxylic acids is 1. The van der Waals surface area contributed by atoms with Crippen LogP contribution in [0.25, 0.3) is 0 Å². The molecule has 0 aliphatic rings. The molecule has 0 bridgehead atoms. The highest BCUT2D eigenvalue weighted by Crippen LogP contribution is 2.20. The van der Waals surface area contributed by atoms with Crippen molar-refractivity contribution in [3.8, 4) is 0 Å². The second kappa shape index (κ2) is 5.17. The fourth-order valence-corrected chi connectivity index (χ4v) is 1.84. The molecule has 0 amide bonds. The minimum absolute atomic E-state index is 0.120. The minimum Gasteiger partial charge on any atom is -0.476 e. The van der Waals surface area contributed by atoms with E-state index in [1.807, 2.05) is 0 Å². The third-order valence-electron chi connectivity index (χ3n) is 1.77. The molecule has 7 heteroatoms. The first-order valence-electron chi connectivity index (χ1n) is 4.25. The Kier molecular flexibility index (Phi) is 4.15. The Bertz CT molecular complexity index is 341. The van der Waals surface area contributed by atoms with Crippen molar-refractivity contribution in [1.29, 1.82) is 0 Å². The summed E-state index contributed by atoms with van der Waals surface area (Å²) in [5, 5.41) is 31.8. The highest BCUT2D eigenvalue weighted by molar-refractivity contribution is 7.09. The van der Waals surface area contributed by atoms with E-state index in [1.165, 1.54) is 5.38 Å². The maximum Gasteiger partial charge on any atom is 0.355 e. The highest BCUT2D eigenvalue weighted by Gasteiger charge is 2.22. The van der Waals surface area contributed by atoms with Gasteiger partial charge >= 0.3 is 5.97 Å². The lowest BCUT2D eigenvalue weighted by Gasteiger charge is -2.14. The van der Waals surface area contributed by atoms with Gasteiger partial charge in [0.15, 0.2) is 5.69 Å². The van der Waals surface area contributed by atoms with Gasteiger partial charge in [0.1, 0.15) is 11.1 Å². The van der Waals surface area contributed by atoms with Crippen LogP contribution in [-0.4, -0.2) is 46.0 Å². The van der Waals surface area contributed by atoms with Crippen LogP contribution in [0.1, 0.15) is 21.6 Å². The molecule has 2 unspecified atom stereocenters. The van der Waals surface area contributed by atoms with E-state index in [0.717, 1.165) is 11.3 Å². The molecule has 0 saturated heterocycles. The van der Waals surface area contributed by atoms with E-state index in [2.05, 4.69) is 10.3 Å². The van der Waals surface area contributed by atoms with E-state index in [4.69, 9.17) is 5.11 Å². The molecule has 1 heterocycles. The van der Waals surface area contributed by atoms with Crippen LogP contribution in [0.5, 0.6) is 0 Å². The molecule has 1 aromatic rings. The molecular formula is C8H12N2O4S. The van der Waals surface area contributed by atoms with Crippen molar-refractivity contribution in [1.82, 2.24) is 10.3 Å². The molecule has 0 fully saturated rings. The van der Waals surface area contributed by atoms with Crippen molar-refractivity contribution in [2.45, 2.75) is 12.2 Å². The minimum atomic E-state index is -1.16. The summed E-state index contributed by atoms with van der Waals surface area (Å²) in [6.07, 6.45) is -2.15. The Hall–Kier alpha value is -1.02. The number of nitrogens with one attached hydrogen (secondary N) is 1. The average Bonchev–Trinajstić information content (AvgIpc) is 2.65. The number of thiazole rings is 1. The van der Waals surface area contributed by atoms with E-state index in [9.17, 15) is 15.0 Å². The van der Waals surface area contributed by atoms with E-state index in [-0.39, 0.29) is 17.2 Å². The second-order valence-electron chi connectivity index (χ2n) is 2.95. The molecule has 0 saturated carbocycles. The van der Waals surface area contributed by atoms with Crippen molar-refractivity contribution < 1.29 is 20.1 Å². The number of aliphatic hydroxyl groups is 2. The predicted octanol–water partition coefficient (Wildman–Crippen LogP) is -0.545. The number of carboxylic acid groups (broad SMARTS) is 1. The van der Waals surface area contributed by atoms with Gasteiger partial charge in [-0.2, -0.15) is 0 Å². The number of carbonyl (C=O) groups is 1. The van der Waals surface area contributed by atoms with Crippen molar-refractivity contribution in [2.75, 3.05) is 13.6 Å². The molecule has 84 valence electrons. The first-order chi connectivity index (χ1) is 7.06. The summed E-state index contributed by atoms with van der Waals surface area (Å²) < 4.78 is 0. The summed E-state index contributed by atoms with van der Waals surface area (Å²) in [5.41, 5.74) is -0.120.